The number of H-pyrrole nitrogens is 1. The van der Waals surface area contributed by atoms with Crippen LogP contribution in [0.15, 0.2) is 53.9 Å². The van der Waals surface area contributed by atoms with Gasteiger partial charge >= 0.3 is 0 Å². The standard InChI is InChI=1S/C25H29N5O3S/c1-17-5-3-7-22(18(17)2)28-23(31)14-30(13-21-6-4-12-33-21)24(32)20-10-8-19(9-11-20)15-34-25-26-16-27-29-25/h3,5,7-11,16,21H,4,6,12-15H2,1-2H3,(H,28,31)(H,26,27,29)/t21-/m1/s1. The lowest BCUT2D eigenvalue weighted by Gasteiger charge is -2.25. The fourth-order valence-corrected chi connectivity index (χ4v) is 4.58. The number of anilines is 1. The highest BCUT2D eigenvalue weighted by atomic mass is 32.2. The molecule has 1 aliphatic heterocycles. The number of hydrogen-bond donors (Lipinski definition) is 2. The fraction of sp³-hybridized carbons (Fsp3) is 0.360. The summed E-state index contributed by atoms with van der Waals surface area (Å²) in [5, 5.41) is 10.4. The summed E-state index contributed by atoms with van der Waals surface area (Å²) in [6.45, 7) is 5.03. The molecular weight excluding hydrogens is 450 g/mol. The maximum Gasteiger partial charge on any atom is 0.254 e. The second-order valence-electron chi connectivity index (χ2n) is 8.39. The molecule has 0 unspecified atom stereocenters. The molecule has 2 aromatic carbocycles. The zero-order valence-electron chi connectivity index (χ0n) is 19.4. The van der Waals surface area contributed by atoms with Crippen LogP contribution in [0.5, 0.6) is 0 Å². The second kappa shape index (κ2) is 11.3. The first-order chi connectivity index (χ1) is 16.5. The Morgan fingerprint density at radius 1 is 1.21 bits per heavy atom. The minimum Gasteiger partial charge on any atom is -0.376 e. The number of nitrogens with one attached hydrogen (secondary N) is 2. The molecule has 0 bridgehead atoms. The van der Waals surface area contributed by atoms with Gasteiger partial charge in [-0.15, -0.1) is 0 Å². The van der Waals surface area contributed by atoms with Crippen molar-refractivity contribution in [2.45, 2.75) is 43.7 Å². The van der Waals surface area contributed by atoms with Gasteiger partial charge < -0.3 is 15.0 Å². The predicted molar refractivity (Wildman–Crippen MR) is 132 cm³/mol. The first-order valence-corrected chi connectivity index (χ1v) is 12.3. The van der Waals surface area contributed by atoms with Gasteiger partial charge in [-0.3, -0.25) is 14.7 Å². The van der Waals surface area contributed by atoms with Gasteiger partial charge in [0.05, 0.1) is 6.10 Å². The summed E-state index contributed by atoms with van der Waals surface area (Å²) < 4.78 is 5.75. The van der Waals surface area contributed by atoms with Crippen molar-refractivity contribution >= 4 is 29.3 Å². The molecule has 0 spiro atoms. The van der Waals surface area contributed by atoms with Crippen LogP contribution >= 0.6 is 11.8 Å². The average molecular weight is 480 g/mol. The van der Waals surface area contributed by atoms with Gasteiger partial charge in [0.1, 0.15) is 12.9 Å². The largest absolute Gasteiger partial charge is 0.376 e. The van der Waals surface area contributed by atoms with E-state index in [-0.39, 0.29) is 24.5 Å². The van der Waals surface area contributed by atoms with Gasteiger partial charge in [-0.1, -0.05) is 36.0 Å². The number of carbonyl (C=O) groups excluding carboxylic acids is 2. The molecule has 9 heteroatoms. The Bertz CT molecular complexity index is 1110. The number of benzene rings is 2. The van der Waals surface area contributed by atoms with E-state index in [2.05, 4.69) is 20.5 Å². The molecule has 1 fully saturated rings. The van der Waals surface area contributed by atoms with E-state index in [4.69, 9.17) is 4.74 Å². The van der Waals surface area contributed by atoms with E-state index in [0.29, 0.717) is 24.5 Å². The van der Waals surface area contributed by atoms with Gasteiger partial charge in [0.2, 0.25) is 5.91 Å². The highest BCUT2D eigenvalue weighted by Gasteiger charge is 2.25. The van der Waals surface area contributed by atoms with E-state index < -0.39 is 0 Å². The highest BCUT2D eigenvalue weighted by molar-refractivity contribution is 7.98. The lowest BCUT2D eigenvalue weighted by atomic mass is 10.1. The number of ether oxygens (including phenoxy) is 1. The molecule has 1 atom stereocenters. The molecule has 2 heterocycles. The quantitative estimate of drug-likeness (QED) is 0.451. The van der Waals surface area contributed by atoms with Crippen LogP contribution in [0.3, 0.4) is 0 Å². The molecule has 0 saturated carbocycles. The second-order valence-corrected chi connectivity index (χ2v) is 9.36. The normalized spacial score (nSPS) is 15.3. The van der Waals surface area contributed by atoms with Crippen LogP contribution in [0, 0.1) is 13.8 Å². The molecule has 8 nitrogen and oxygen atoms in total. The summed E-state index contributed by atoms with van der Waals surface area (Å²) in [5.74, 6) is 0.308. The molecular formula is C25H29N5O3S. The zero-order valence-corrected chi connectivity index (χ0v) is 20.2. The van der Waals surface area contributed by atoms with Crippen LogP contribution < -0.4 is 5.32 Å². The molecule has 0 aliphatic carbocycles. The molecule has 2 amide bonds. The Morgan fingerprint density at radius 3 is 2.74 bits per heavy atom. The van der Waals surface area contributed by atoms with Gasteiger partial charge in [0.25, 0.3) is 5.91 Å². The van der Waals surface area contributed by atoms with Crippen molar-refractivity contribution in [2.24, 2.45) is 0 Å². The summed E-state index contributed by atoms with van der Waals surface area (Å²) in [6.07, 6.45) is 3.29. The van der Waals surface area contributed by atoms with Gasteiger partial charge in [-0.25, -0.2) is 4.98 Å². The van der Waals surface area contributed by atoms with E-state index >= 15 is 0 Å². The molecule has 1 aromatic heterocycles. The Balaban J connectivity index is 1.43. The van der Waals surface area contributed by atoms with Crippen LogP contribution in [0.25, 0.3) is 0 Å². The van der Waals surface area contributed by atoms with E-state index in [1.165, 1.54) is 18.1 Å². The van der Waals surface area contributed by atoms with Crippen molar-refractivity contribution in [2.75, 3.05) is 25.0 Å². The fourth-order valence-electron chi connectivity index (χ4n) is 3.84. The summed E-state index contributed by atoms with van der Waals surface area (Å²) in [7, 11) is 0. The number of carbonyl (C=O) groups is 2. The van der Waals surface area contributed by atoms with Crippen LogP contribution in [0.1, 0.15) is 39.9 Å². The third kappa shape index (κ3) is 6.24. The first-order valence-electron chi connectivity index (χ1n) is 11.3. The number of aromatic nitrogens is 3. The van der Waals surface area contributed by atoms with Crippen LogP contribution in [-0.2, 0) is 15.3 Å². The minimum absolute atomic E-state index is 0.0326. The maximum absolute atomic E-state index is 13.4. The summed E-state index contributed by atoms with van der Waals surface area (Å²) >= 11 is 1.54. The molecule has 4 rings (SSSR count). The van der Waals surface area contributed by atoms with E-state index in [1.807, 2.05) is 56.3 Å². The van der Waals surface area contributed by atoms with E-state index in [1.54, 1.807) is 4.90 Å². The lowest BCUT2D eigenvalue weighted by Crippen LogP contribution is -2.42. The van der Waals surface area contributed by atoms with Crippen LogP contribution in [0.4, 0.5) is 5.69 Å². The van der Waals surface area contributed by atoms with Gasteiger partial charge in [0, 0.05) is 30.2 Å². The number of thioether (sulfide) groups is 1. The lowest BCUT2D eigenvalue weighted by molar-refractivity contribution is -0.117. The highest BCUT2D eigenvalue weighted by Crippen LogP contribution is 2.21. The molecule has 1 aliphatic rings. The third-order valence-electron chi connectivity index (χ3n) is 5.92. The number of nitrogens with zero attached hydrogens (tertiary/aromatic N) is 3. The van der Waals surface area contributed by atoms with Crippen LogP contribution in [0.2, 0.25) is 0 Å². The number of aryl methyl sites for hydroxylation is 1. The van der Waals surface area contributed by atoms with Crippen LogP contribution in [-0.4, -0.2) is 57.7 Å². The summed E-state index contributed by atoms with van der Waals surface area (Å²) in [6, 6.07) is 13.3. The maximum atomic E-state index is 13.4. The molecule has 178 valence electrons. The van der Waals surface area contributed by atoms with Crippen molar-refractivity contribution < 1.29 is 14.3 Å². The molecule has 34 heavy (non-hydrogen) atoms. The van der Waals surface area contributed by atoms with E-state index in [0.717, 1.165) is 40.4 Å². The van der Waals surface area contributed by atoms with Crippen molar-refractivity contribution in [1.29, 1.82) is 0 Å². The Morgan fingerprint density at radius 2 is 2.03 bits per heavy atom. The van der Waals surface area contributed by atoms with Crippen molar-refractivity contribution in [1.82, 2.24) is 20.1 Å². The Kier molecular flexibility index (Phi) is 7.97. The van der Waals surface area contributed by atoms with Gasteiger partial charge in [0.15, 0.2) is 5.16 Å². The minimum atomic E-state index is -0.222. The third-order valence-corrected chi connectivity index (χ3v) is 6.87. The SMILES string of the molecule is Cc1cccc(NC(=O)CN(C[C@H]2CCCO2)C(=O)c2ccc(CSc3ncn[nH]3)cc2)c1C. The number of rotatable bonds is 9. The van der Waals surface area contributed by atoms with E-state index in [9.17, 15) is 9.59 Å². The monoisotopic (exact) mass is 479 g/mol. The topological polar surface area (TPSA) is 100 Å². The number of amides is 2. The van der Waals surface area contributed by atoms with Gasteiger partial charge in [-0.05, 0) is 61.6 Å². The average Bonchev–Trinajstić information content (AvgIpc) is 3.55. The molecule has 1 saturated heterocycles. The molecule has 3 aromatic rings. The number of aromatic amines is 1. The summed E-state index contributed by atoms with van der Waals surface area (Å²) in [5.41, 5.74) is 4.50. The van der Waals surface area contributed by atoms with Crippen molar-refractivity contribution in [3.63, 3.8) is 0 Å². The zero-order chi connectivity index (χ0) is 23.9. The summed E-state index contributed by atoms with van der Waals surface area (Å²) in [4.78, 5) is 31.9. The Labute approximate surface area is 203 Å². The molecule has 0 radical (unpaired) electrons. The Hall–Kier alpha value is -3.17. The first kappa shape index (κ1) is 24.0. The van der Waals surface area contributed by atoms with Crippen molar-refractivity contribution in [3.05, 3.63) is 71.0 Å². The van der Waals surface area contributed by atoms with Gasteiger partial charge in [-0.2, -0.15) is 5.10 Å². The smallest absolute Gasteiger partial charge is 0.254 e. The number of hydrogen-bond acceptors (Lipinski definition) is 6. The van der Waals surface area contributed by atoms with Crippen molar-refractivity contribution in [3.8, 4) is 0 Å². The predicted octanol–water partition coefficient (Wildman–Crippen LogP) is 3.97. The molecule has 2 N–H and O–H groups in total.